The summed E-state index contributed by atoms with van der Waals surface area (Å²) < 4.78 is 45.1. The highest BCUT2D eigenvalue weighted by Gasteiger charge is 2.40. The first-order valence-electron chi connectivity index (χ1n) is 7.54. The van der Waals surface area contributed by atoms with Crippen LogP contribution in [0.1, 0.15) is 22.8 Å². The van der Waals surface area contributed by atoms with E-state index in [2.05, 4.69) is 5.32 Å². The predicted molar refractivity (Wildman–Crippen MR) is 85.1 cm³/mol. The molecule has 0 aliphatic heterocycles. The normalized spacial score (nSPS) is 12.5. The molecule has 0 unspecified atom stereocenters. The molecule has 1 atom stereocenters. The van der Waals surface area contributed by atoms with Crippen molar-refractivity contribution in [3.63, 3.8) is 0 Å². The fraction of sp³-hybridized carbons (Fsp3) is 0.278. The molecule has 24 heavy (non-hydrogen) atoms. The summed E-state index contributed by atoms with van der Waals surface area (Å²) >= 11 is 0. The molecule has 0 spiro atoms. The number of halogens is 3. The number of amides is 1. The van der Waals surface area contributed by atoms with Crippen LogP contribution in [0.15, 0.2) is 54.6 Å². The number of carbonyl (C=O) groups excluding carboxylic acids is 1. The monoisotopic (exact) mass is 337 g/mol. The van der Waals surface area contributed by atoms with Crippen molar-refractivity contribution in [2.45, 2.75) is 25.6 Å². The van der Waals surface area contributed by atoms with Crippen molar-refractivity contribution in [2.75, 3.05) is 6.61 Å². The number of hydrogen-bond donors (Lipinski definition) is 1. The van der Waals surface area contributed by atoms with Gasteiger partial charge in [0, 0.05) is 12.0 Å². The maximum absolute atomic E-state index is 13.3. The lowest BCUT2D eigenvalue weighted by Gasteiger charge is -2.22. The molecule has 0 heterocycles. The van der Waals surface area contributed by atoms with Gasteiger partial charge in [-0.2, -0.15) is 13.2 Å². The molecule has 0 aliphatic carbocycles. The molecule has 0 radical (unpaired) electrons. The molecule has 2 rings (SSSR count). The van der Waals surface area contributed by atoms with Crippen molar-refractivity contribution >= 4 is 5.91 Å². The first-order valence-corrected chi connectivity index (χ1v) is 7.54. The van der Waals surface area contributed by atoms with Crippen LogP contribution >= 0.6 is 0 Å². The van der Waals surface area contributed by atoms with Crippen molar-refractivity contribution in [1.29, 1.82) is 0 Å². The Kier molecular flexibility index (Phi) is 5.84. The van der Waals surface area contributed by atoms with Crippen molar-refractivity contribution in [3.8, 4) is 5.75 Å². The minimum Gasteiger partial charge on any atom is -0.494 e. The lowest BCUT2D eigenvalue weighted by Crippen LogP contribution is -2.46. The zero-order chi connectivity index (χ0) is 17.6. The Morgan fingerprint density at radius 2 is 1.83 bits per heavy atom. The zero-order valence-electron chi connectivity index (χ0n) is 13.1. The summed E-state index contributed by atoms with van der Waals surface area (Å²) in [6, 6.07) is 12.3. The molecule has 1 amide bonds. The van der Waals surface area contributed by atoms with E-state index in [9.17, 15) is 18.0 Å². The topological polar surface area (TPSA) is 38.3 Å². The van der Waals surface area contributed by atoms with E-state index < -0.39 is 18.1 Å². The Labute approximate surface area is 138 Å². The van der Waals surface area contributed by atoms with Gasteiger partial charge in [0.2, 0.25) is 0 Å². The highest BCUT2D eigenvalue weighted by Crippen LogP contribution is 2.25. The summed E-state index contributed by atoms with van der Waals surface area (Å²) in [4.78, 5) is 12.0. The van der Waals surface area contributed by atoms with Crippen LogP contribution in [0.5, 0.6) is 5.75 Å². The van der Waals surface area contributed by atoms with Gasteiger partial charge >= 0.3 is 6.18 Å². The van der Waals surface area contributed by atoms with Gasteiger partial charge in [0.05, 0.1) is 6.61 Å². The minimum atomic E-state index is -4.55. The van der Waals surface area contributed by atoms with Gasteiger partial charge in [0.15, 0.2) is 0 Å². The highest BCUT2D eigenvalue weighted by molar-refractivity contribution is 5.94. The van der Waals surface area contributed by atoms with Crippen LogP contribution in [0.2, 0.25) is 0 Å². The van der Waals surface area contributed by atoms with E-state index in [1.807, 2.05) is 0 Å². The average Bonchev–Trinajstić information content (AvgIpc) is 2.55. The quantitative estimate of drug-likeness (QED) is 0.866. The zero-order valence-corrected chi connectivity index (χ0v) is 13.1. The van der Waals surface area contributed by atoms with E-state index in [0.29, 0.717) is 17.9 Å². The number of carbonyl (C=O) groups is 1. The van der Waals surface area contributed by atoms with Gasteiger partial charge in [-0.05, 0) is 36.8 Å². The van der Waals surface area contributed by atoms with E-state index in [4.69, 9.17) is 4.74 Å². The van der Waals surface area contributed by atoms with Crippen molar-refractivity contribution in [1.82, 2.24) is 5.32 Å². The van der Waals surface area contributed by atoms with E-state index in [1.54, 1.807) is 49.4 Å². The standard InChI is InChI=1S/C18H18F3NO2/c1-2-24-15-10-6-7-13(11-15)12-16(18(19,20)21)22-17(23)14-8-4-3-5-9-14/h3-11,16H,2,12H2,1H3,(H,22,23)/t16-/m1/s1. The van der Waals surface area contributed by atoms with Crippen LogP contribution in [-0.4, -0.2) is 24.7 Å². The van der Waals surface area contributed by atoms with Gasteiger partial charge in [-0.3, -0.25) is 4.79 Å². The van der Waals surface area contributed by atoms with Crippen LogP contribution in [-0.2, 0) is 6.42 Å². The number of nitrogens with one attached hydrogen (secondary N) is 1. The predicted octanol–water partition coefficient (Wildman–Crippen LogP) is 3.99. The van der Waals surface area contributed by atoms with Crippen LogP contribution in [0.25, 0.3) is 0 Å². The molecular formula is C18H18F3NO2. The van der Waals surface area contributed by atoms with Crippen LogP contribution < -0.4 is 10.1 Å². The lowest BCUT2D eigenvalue weighted by molar-refractivity contribution is -0.153. The van der Waals surface area contributed by atoms with Crippen molar-refractivity contribution in [3.05, 3.63) is 65.7 Å². The molecule has 128 valence electrons. The molecule has 0 fully saturated rings. The Bertz CT molecular complexity index is 671. The Balaban J connectivity index is 2.14. The summed E-state index contributed by atoms with van der Waals surface area (Å²) in [6.07, 6.45) is -4.91. The summed E-state index contributed by atoms with van der Waals surface area (Å²) in [7, 11) is 0. The molecule has 3 nitrogen and oxygen atoms in total. The molecule has 2 aromatic rings. The number of ether oxygens (including phenoxy) is 1. The Morgan fingerprint density at radius 1 is 1.12 bits per heavy atom. The van der Waals surface area contributed by atoms with Crippen LogP contribution in [0, 0.1) is 0 Å². The highest BCUT2D eigenvalue weighted by atomic mass is 19.4. The second kappa shape index (κ2) is 7.86. The average molecular weight is 337 g/mol. The minimum absolute atomic E-state index is 0.190. The molecule has 6 heteroatoms. The third-order valence-corrected chi connectivity index (χ3v) is 3.39. The Morgan fingerprint density at radius 3 is 2.46 bits per heavy atom. The fourth-order valence-corrected chi connectivity index (χ4v) is 2.24. The Hall–Kier alpha value is -2.50. The van der Waals surface area contributed by atoms with Gasteiger partial charge in [0.25, 0.3) is 5.91 Å². The van der Waals surface area contributed by atoms with Gasteiger partial charge in [-0.25, -0.2) is 0 Å². The van der Waals surface area contributed by atoms with E-state index in [1.165, 1.54) is 12.1 Å². The number of benzene rings is 2. The second-order valence-electron chi connectivity index (χ2n) is 5.22. The number of hydrogen-bond acceptors (Lipinski definition) is 2. The van der Waals surface area contributed by atoms with E-state index in [0.717, 1.165) is 0 Å². The fourth-order valence-electron chi connectivity index (χ4n) is 2.24. The summed E-state index contributed by atoms with van der Waals surface area (Å²) in [5, 5.41) is 2.07. The third-order valence-electron chi connectivity index (χ3n) is 3.39. The molecule has 0 aliphatic rings. The second-order valence-corrected chi connectivity index (χ2v) is 5.22. The van der Waals surface area contributed by atoms with Crippen LogP contribution in [0.3, 0.4) is 0 Å². The maximum atomic E-state index is 13.3. The first kappa shape index (κ1) is 17.8. The molecule has 2 aromatic carbocycles. The van der Waals surface area contributed by atoms with Crippen molar-refractivity contribution in [2.24, 2.45) is 0 Å². The van der Waals surface area contributed by atoms with E-state index in [-0.39, 0.29) is 12.0 Å². The largest absolute Gasteiger partial charge is 0.494 e. The maximum Gasteiger partial charge on any atom is 0.408 e. The molecule has 1 N–H and O–H groups in total. The lowest BCUT2D eigenvalue weighted by atomic mass is 10.0. The molecule has 0 bridgehead atoms. The van der Waals surface area contributed by atoms with Gasteiger partial charge in [-0.1, -0.05) is 30.3 Å². The molecular weight excluding hydrogens is 319 g/mol. The summed E-state index contributed by atoms with van der Waals surface area (Å²) in [5.74, 6) is -0.246. The third kappa shape index (κ3) is 5.01. The van der Waals surface area contributed by atoms with Gasteiger partial charge < -0.3 is 10.1 Å². The molecule has 0 saturated heterocycles. The van der Waals surface area contributed by atoms with Gasteiger partial charge in [-0.15, -0.1) is 0 Å². The van der Waals surface area contributed by atoms with Crippen LogP contribution in [0.4, 0.5) is 13.2 Å². The smallest absolute Gasteiger partial charge is 0.408 e. The van der Waals surface area contributed by atoms with E-state index >= 15 is 0 Å². The SMILES string of the molecule is CCOc1cccc(C[C@@H](NC(=O)c2ccccc2)C(F)(F)F)c1. The van der Waals surface area contributed by atoms with Crippen molar-refractivity contribution < 1.29 is 22.7 Å². The summed E-state index contributed by atoms with van der Waals surface area (Å²) in [6.45, 7) is 2.22. The number of rotatable bonds is 6. The molecule has 0 aromatic heterocycles. The van der Waals surface area contributed by atoms with Gasteiger partial charge in [0.1, 0.15) is 11.8 Å². The first-order chi connectivity index (χ1) is 11.4. The number of alkyl halides is 3. The molecule has 0 saturated carbocycles. The summed E-state index contributed by atoms with van der Waals surface area (Å²) in [5.41, 5.74) is 0.631.